The highest BCUT2D eigenvalue weighted by Gasteiger charge is 2.49. The molecule has 2 N–H and O–H groups in total. The van der Waals surface area contributed by atoms with Crippen LogP contribution in [0.2, 0.25) is 0 Å². The van der Waals surface area contributed by atoms with Gasteiger partial charge in [-0.05, 0) is 49.7 Å². The number of carbonyl (C=O) groups excluding carboxylic acids is 1. The summed E-state index contributed by atoms with van der Waals surface area (Å²) >= 11 is 0. The second-order valence-electron chi connectivity index (χ2n) is 6.71. The highest BCUT2D eigenvalue weighted by Crippen LogP contribution is 2.48. The highest BCUT2D eigenvalue weighted by atomic mass is 35.5. The molecule has 4 unspecified atom stereocenters. The fourth-order valence-corrected chi connectivity index (χ4v) is 4.08. The summed E-state index contributed by atoms with van der Waals surface area (Å²) < 4.78 is 5.67. The molecule has 0 aliphatic heterocycles. The third-order valence-electron chi connectivity index (χ3n) is 5.29. The van der Waals surface area contributed by atoms with Gasteiger partial charge < -0.3 is 15.4 Å². The van der Waals surface area contributed by atoms with E-state index in [0.717, 1.165) is 25.1 Å². The predicted octanol–water partition coefficient (Wildman–Crippen LogP) is 2.71. The van der Waals surface area contributed by atoms with E-state index in [-0.39, 0.29) is 30.3 Å². The molecule has 0 spiro atoms. The number of fused-ring (bicyclic) bond motifs is 2. The Morgan fingerprint density at radius 2 is 1.96 bits per heavy atom. The lowest BCUT2D eigenvalue weighted by molar-refractivity contribution is -0.136. The average molecular weight is 339 g/mol. The Labute approximate surface area is 144 Å². The fraction of sp³-hybridized carbons (Fsp3) is 0.611. The number of rotatable bonds is 6. The molecule has 2 aliphatic carbocycles. The Morgan fingerprint density at radius 3 is 2.61 bits per heavy atom. The first kappa shape index (κ1) is 18.1. The van der Waals surface area contributed by atoms with Crippen molar-refractivity contribution in [3.05, 3.63) is 30.3 Å². The van der Waals surface area contributed by atoms with E-state index in [1.165, 1.54) is 12.8 Å². The van der Waals surface area contributed by atoms with E-state index in [4.69, 9.17) is 10.5 Å². The van der Waals surface area contributed by atoms with Crippen LogP contribution < -0.4 is 10.5 Å². The first-order valence-corrected chi connectivity index (χ1v) is 8.35. The van der Waals surface area contributed by atoms with Crippen molar-refractivity contribution < 1.29 is 9.53 Å². The first-order valence-electron chi connectivity index (χ1n) is 8.35. The molecule has 2 aliphatic rings. The van der Waals surface area contributed by atoms with Crippen LogP contribution in [0, 0.1) is 17.8 Å². The van der Waals surface area contributed by atoms with Crippen molar-refractivity contribution in [2.45, 2.75) is 31.7 Å². The second kappa shape index (κ2) is 8.02. The number of ether oxygens (including phenoxy) is 1. The highest BCUT2D eigenvalue weighted by molar-refractivity contribution is 5.85. The third kappa shape index (κ3) is 3.99. The Kier molecular flexibility index (Phi) is 6.31. The normalized spacial score (nSPS) is 28.3. The summed E-state index contributed by atoms with van der Waals surface area (Å²) in [5.74, 6) is 2.27. The summed E-state index contributed by atoms with van der Waals surface area (Å²) in [5, 5.41) is 0. The van der Waals surface area contributed by atoms with Gasteiger partial charge in [0.1, 0.15) is 5.75 Å². The number of amides is 1. The smallest absolute Gasteiger partial charge is 0.227 e. The topological polar surface area (TPSA) is 55.6 Å². The lowest BCUT2D eigenvalue weighted by atomic mass is 9.84. The fourth-order valence-electron chi connectivity index (χ4n) is 4.08. The van der Waals surface area contributed by atoms with Crippen LogP contribution in [0.5, 0.6) is 5.75 Å². The van der Waals surface area contributed by atoms with Crippen LogP contribution in [0.25, 0.3) is 0 Å². The molecular weight excluding hydrogens is 312 g/mol. The zero-order valence-corrected chi connectivity index (χ0v) is 14.5. The van der Waals surface area contributed by atoms with Crippen LogP contribution in [-0.4, -0.2) is 37.0 Å². The number of nitrogens with two attached hydrogens (primary N) is 1. The quantitative estimate of drug-likeness (QED) is 0.811. The Morgan fingerprint density at radius 1 is 1.26 bits per heavy atom. The number of carbonyl (C=O) groups is 1. The molecule has 3 rings (SSSR count). The molecule has 2 bridgehead atoms. The Bertz CT molecular complexity index is 509. The van der Waals surface area contributed by atoms with Gasteiger partial charge in [-0.1, -0.05) is 18.2 Å². The molecule has 4 atom stereocenters. The lowest BCUT2D eigenvalue weighted by Gasteiger charge is -2.30. The average Bonchev–Trinajstić information content (AvgIpc) is 3.13. The summed E-state index contributed by atoms with van der Waals surface area (Å²) in [6, 6.07) is 9.86. The van der Waals surface area contributed by atoms with Crippen LogP contribution >= 0.6 is 12.4 Å². The number of halogens is 1. The molecule has 5 heteroatoms. The molecule has 2 fully saturated rings. The van der Waals surface area contributed by atoms with Gasteiger partial charge in [-0.3, -0.25) is 4.79 Å². The molecule has 128 valence electrons. The van der Waals surface area contributed by atoms with Crippen molar-refractivity contribution in [2.75, 3.05) is 20.2 Å². The molecule has 1 aromatic rings. The van der Waals surface area contributed by atoms with E-state index >= 15 is 0 Å². The van der Waals surface area contributed by atoms with Crippen molar-refractivity contribution in [1.82, 2.24) is 4.90 Å². The minimum atomic E-state index is 0. The number of benzene rings is 1. The molecule has 2 saturated carbocycles. The maximum absolute atomic E-state index is 12.6. The molecule has 0 aromatic heterocycles. The van der Waals surface area contributed by atoms with Crippen molar-refractivity contribution in [3.63, 3.8) is 0 Å². The maximum Gasteiger partial charge on any atom is 0.227 e. The van der Waals surface area contributed by atoms with Gasteiger partial charge in [-0.25, -0.2) is 0 Å². The standard InChI is InChI=1S/C18H26N2O2.ClH/c1-20(10-5-11-22-15-6-3-2-4-7-15)18(21)16-13-8-9-14(12-13)17(16)19;/h2-4,6-7,13-14,16-17H,5,8-12,19H2,1H3;1H. The molecule has 1 amide bonds. The van der Waals surface area contributed by atoms with Crippen molar-refractivity contribution in [2.24, 2.45) is 23.5 Å². The number of nitrogens with zero attached hydrogens (tertiary/aromatic N) is 1. The van der Waals surface area contributed by atoms with E-state index < -0.39 is 0 Å². The summed E-state index contributed by atoms with van der Waals surface area (Å²) in [6.45, 7) is 1.36. The molecule has 23 heavy (non-hydrogen) atoms. The van der Waals surface area contributed by atoms with E-state index in [9.17, 15) is 4.79 Å². The van der Waals surface area contributed by atoms with Crippen molar-refractivity contribution in [3.8, 4) is 5.75 Å². The lowest BCUT2D eigenvalue weighted by Crippen LogP contribution is -2.46. The van der Waals surface area contributed by atoms with Crippen molar-refractivity contribution >= 4 is 18.3 Å². The maximum atomic E-state index is 12.6. The largest absolute Gasteiger partial charge is 0.494 e. The van der Waals surface area contributed by atoms with Gasteiger partial charge >= 0.3 is 0 Å². The van der Waals surface area contributed by atoms with Gasteiger partial charge in [0, 0.05) is 19.6 Å². The number of hydrogen-bond acceptors (Lipinski definition) is 3. The second-order valence-corrected chi connectivity index (χ2v) is 6.71. The summed E-state index contributed by atoms with van der Waals surface area (Å²) in [4.78, 5) is 14.5. The van der Waals surface area contributed by atoms with Crippen LogP contribution in [-0.2, 0) is 4.79 Å². The Hall–Kier alpha value is -1.26. The molecule has 0 radical (unpaired) electrons. The molecule has 1 aromatic carbocycles. The number of hydrogen-bond donors (Lipinski definition) is 1. The summed E-state index contributed by atoms with van der Waals surface area (Å²) in [7, 11) is 1.89. The minimum Gasteiger partial charge on any atom is -0.494 e. The zero-order chi connectivity index (χ0) is 15.5. The monoisotopic (exact) mass is 338 g/mol. The third-order valence-corrected chi connectivity index (χ3v) is 5.29. The first-order chi connectivity index (χ1) is 10.7. The van der Waals surface area contributed by atoms with Gasteiger partial charge in [-0.2, -0.15) is 0 Å². The van der Waals surface area contributed by atoms with E-state index in [2.05, 4.69) is 0 Å². The van der Waals surface area contributed by atoms with Crippen LogP contribution in [0.3, 0.4) is 0 Å². The minimum absolute atomic E-state index is 0. The Balaban J connectivity index is 0.00000192. The van der Waals surface area contributed by atoms with Crippen LogP contribution in [0.1, 0.15) is 25.7 Å². The van der Waals surface area contributed by atoms with Gasteiger partial charge in [0.05, 0.1) is 12.5 Å². The van der Waals surface area contributed by atoms with E-state index in [0.29, 0.717) is 18.4 Å². The van der Waals surface area contributed by atoms with Gasteiger partial charge in [0.15, 0.2) is 0 Å². The predicted molar refractivity (Wildman–Crippen MR) is 93.7 cm³/mol. The zero-order valence-electron chi connectivity index (χ0n) is 13.7. The molecule has 0 saturated heterocycles. The van der Waals surface area contributed by atoms with Crippen LogP contribution in [0.4, 0.5) is 0 Å². The van der Waals surface area contributed by atoms with Crippen LogP contribution in [0.15, 0.2) is 30.3 Å². The summed E-state index contributed by atoms with van der Waals surface area (Å²) in [6.07, 6.45) is 4.39. The van der Waals surface area contributed by atoms with Crippen molar-refractivity contribution in [1.29, 1.82) is 0 Å². The number of para-hydroxylation sites is 1. The summed E-state index contributed by atoms with van der Waals surface area (Å²) in [5.41, 5.74) is 6.26. The van der Waals surface area contributed by atoms with Gasteiger partial charge in [0.25, 0.3) is 0 Å². The molecular formula is C18H27ClN2O2. The van der Waals surface area contributed by atoms with Gasteiger partial charge in [-0.15, -0.1) is 12.4 Å². The van der Waals surface area contributed by atoms with E-state index in [1.54, 1.807) is 0 Å². The molecule has 0 heterocycles. The SMILES string of the molecule is CN(CCCOc1ccccc1)C(=O)C1C2CCC(C2)C1N.Cl. The van der Waals surface area contributed by atoms with Gasteiger partial charge in [0.2, 0.25) is 5.91 Å². The van der Waals surface area contributed by atoms with E-state index in [1.807, 2.05) is 42.3 Å². The molecule has 4 nitrogen and oxygen atoms in total.